The quantitative estimate of drug-likeness (QED) is 0.674. The molecule has 0 saturated carbocycles. The van der Waals surface area contributed by atoms with Crippen molar-refractivity contribution in [3.8, 4) is 11.5 Å². The predicted octanol–water partition coefficient (Wildman–Crippen LogP) is 2.69. The number of pyridine rings is 1. The van der Waals surface area contributed by atoms with Crippen molar-refractivity contribution < 1.29 is 14.6 Å². The number of rotatable bonds is 4. The van der Waals surface area contributed by atoms with E-state index in [1.165, 1.54) is 25.3 Å². The van der Waals surface area contributed by atoms with Crippen molar-refractivity contribution in [3.63, 3.8) is 0 Å². The van der Waals surface area contributed by atoms with E-state index in [0.717, 1.165) is 5.56 Å². The summed E-state index contributed by atoms with van der Waals surface area (Å²) in [5.74, 6) is 0.134. The van der Waals surface area contributed by atoms with Gasteiger partial charge in [0, 0.05) is 18.5 Å². The summed E-state index contributed by atoms with van der Waals surface area (Å²) in [5, 5.41) is 9.74. The second kappa shape index (κ2) is 5.82. The van der Waals surface area contributed by atoms with Crippen LogP contribution in [0.1, 0.15) is 15.9 Å². The molecule has 1 N–H and O–H groups in total. The normalized spacial score (nSPS) is 10.6. The number of carbonyl (C=O) groups is 1. The highest BCUT2D eigenvalue weighted by atomic mass is 16.5. The van der Waals surface area contributed by atoms with Gasteiger partial charge < -0.3 is 9.84 Å². The van der Waals surface area contributed by atoms with Crippen LogP contribution in [0, 0.1) is 0 Å². The Hall–Kier alpha value is -2.62. The zero-order valence-corrected chi connectivity index (χ0v) is 10.4. The Bertz CT molecular complexity index is 606. The second-order valence-electron chi connectivity index (χ2n) is 3.87. The first-order chi connectivity index (χ1) is 9.20. The van der Waals surface area contributed by atoms with Gasteiger partial charge in [-0.1, -0.05) is 6.07 Å². The van der Waals surface area contributed by atoms with Crippen LogP contribution in [0.4, 0.5) is 0 Å². The Balaban J connectivity index is 2.19. The molecule has 1 heterocycles. The van der Waals surface area contributed by atoms with Crippen LogP contribution in [0.3, 0.4) is 0 Å². The minimum Gasteiger partial charge on any atom is -0.507 e. The first-order valence-electron chi connectivity index (χ1n) is 5.70. The molecule has 0 amide bonds. The molecule has 0 spiro atoms. The van der Waals surface area contributed by atoms with Gasteiger partial charge in [0.1, 0.15) is 11.5 Å². The maximum atomic E-state index is 11.9. The molecule has 1 aromatic carbocycles. The number of hydrogen-bond donors (Lipinski definition) is 1. The molecule has 0 atom stereocenters. The molecule has 96 valence electrons. The summed E-state index contributed by atoms with van der Waals surface area (Å²) in [7, 11) is 1.50. The summed E-state index contributed by atoms with van der Waals surface area (Å²) in [5.41, 5.74) is 1.06. The highest BCUT2D eigenvalue weighted by molar-refractivity contribution is 6.08. The van der Waals surface area contributed by atoms with Gasteiger partial charge in [0.15, 0.2) is 5.78 Å². The number of hydrogen-bond acceptors (Lipinski definition) is 4. The molecular weight excluding hydrogens is 242 g/mol. The number of benzene rings is 1. The van der Waals surface area contributed by atoms with Gasteiger partial charge in [-0.3, -0.25) is 9.78 Å². The van der Waals surface area contributed by atoms with Crippen molar-refractivity contribution in [3.05, 3.63) is 59.9 Å². The first-order valence-corrected chi connectivity index (χ1v) is 5.70. The molecule has 19 heavy (non-hydrogen) atoms. The van der Waals surface area contributed by atoms with Gasteiger partial charge in [-0.15, -0.1) is 0 Å². The minimum absolute atomic E-state index is 0.0970. The monoisotopic (exact) mass is 255 g/mol. The molecule has 0 radical (unpaired) electrons. The summed E-state index contributed by atoms with van der Waals surface area (Å²) in [6.45, 7) is 0. The molecule has 2 rings (SSSR count). The molecule has 0 unspecified atom stereocenters. The van der Waals surface area contributed by atoms with Gasteiger partial charge in [0.25, 0.3) is 0 Å². The summed E-state index contributed by atoms with van der Waals surface area (Å²) < 4.78 is 4.96. The number of aromatic nitrogens is 1. The maximum Gasteiger partial charge on any atom is 0.189 e. The van der Waals surface area contributed by atoms with Crippen LogP contribution < -0.4 is 4.74 Å². The molecule has 1 aromatic heterocycles. The zero-order chi connectivity index (χ0) is 13.7. The molecule has 0 bridgehead atoms. The summed E-state index contributed by atoms with van der Waals surface area (Å²) in [6, 6.07) is 8.19. The van der Waals surface area contributed by atoms with Gasteiger partial charge in [-0.2, -0.15) is 0 Å². The lowest BCUT2D eigenvalue weighted by atomic mass is 10.1. The largest absolute Gasteiger partial charge is 0.507 e. The van der Waals surface area contributed by atoms with E-state index in [2.05, 4.69) is 4.98 Å². The third kappa shape index (κ3) is 3.19. The number of nitrogens with zero attached hydrogens (tertiary/aromatic N) is 1. The average Bonchev–Trinajstić information content (AvgIpc) is 2.45. The van der Waals surface area contributed by atoms with Gasteiger partial charge >= 0.3 is 0 Å². The standard InChI is InChI=1S/C15H13NO3/c1-19-12-5-6-13(15(18)9-12)14(17)7-4-11-3-2-8-16-10-11/h2-10,18H,1H3/b7-4-. The Labute approximate surface area is 111 Å². The molecule has 0 aliphatic heterocycles. The van der Waals surface area contributed by atoms with Crippen LogP contribution in [0.2, 0.25) is 0 Å². The first kappa shape index (κ1) is 12.8. The summed E-state index contributed by atoms with van der Waals surface area (Å²) in [4.78, 5) is 15.9. The van der Waals surface area contributed by atoms with E-state index in [4.69, 9.17) is 4.74 Å². The highest BCUT2D eigenvalue weighted by Crippen LogP contribution is 2.24. The van der Waals surface area contributed by atoms with Crippen LogP contribution >= 0.6 is 0 Å². The molecule has 4 nitrogen and oxygen atoms in total. The van der Waals surface area contributed by atoms with E-state index in [9.17, 15) is 9.90 Å². The van der Waals surface area contributed by atoms with Crippen molar-refractivity contribution in [1.82, 2.24) is 4.98 Å². The van der Waals surface area contributed by atoms with E-state index < -0.39 is 0 Å². The number of aromatic hydroxyl groups is 1. The number of carbonyl (C=O) groups excluding carboxylic acids is 1. The average molecular weight is 255 g/mol. The summed E-state index contributed by atoms with van der Waals surface area (Å²) >= 11 is 0. The van der Waals surface area contributed by atoms with Crippen molar-refractivity contribution in [2.75, 3.05) is 7.11 Å². The van der Waals surface area contributed by atoms with E-state index in [1.807, 2.05) is 6.07 Å². The lowest BCUT2D eigenvalue weighted by Crippen LogP contribution is -1.95. The predicted molar refractivity (Wildman–Crippen MR) is 72.3 cm³/mol. The molecular formula is C15H13NO3. The van der Waals surface area contributed by atoms with Crippen molar-refractivity contribution >= 4 is 11.9 Å². The van der Waals surface area contributed by atoms with Gasteiger partial charge in [0.2, 0.25) is 0 Å². The maximum absolute atomic E-state index is 11.9. The number of ketones is 1. The Morgan fingerprint density at radius 2 is 2.21 bits per heavy atom. The Kier molecular flexibility index (Phi) is 3.93. The summed E-state index contributed by atoms with van der Waals surface area (Å²) in [6.07, 6.45) is 6.36. The fraction of sp³-hybridized carbons (Fsp3) is 0.0667. The molecule has 2 aromatic rings. The smallest absolute Gasteiger partial charge is 0.189 e. The number of methoxy groups -OCH3 is 1. The molecule has 0 saturated heterocycles. The lowest BCUT2D eigenvalue weighted by molar-refractivity contribution is 0.104. The van der Waals surface area contributed by atoms with Crippen molar-refractivity contribution in [1.29, 1.82) is 0 Å². The fourth-order valence-electron chi connectivity index (χ4n) is 1.58. The van der Waals surface area contributed by atoms with Crippen molar-refractivity contribution in [2.45, 2.75) is 0 Å². The van der Waals surface area contributed by atoms with Crippen LogP contribution in [0.15, 0.2) is 48.8 Å². The zero-order valence-electron chi connectivity index (χ0n) is 10.4. The van der Waals surface area contributed by atoms with E-state index in [1.54, 1.807) is 30.6 Å². The van der Waals surface area contributed by atoms with Crippen molar-refractivity contribution in [2.24, 2.45) is 0 Å². The fourth-order valence-corrected chi connectivity index (χ4v) is 1.58. The lowest BCUT2D eigenvalue weighted by Gasteiger charge is -2.03. The number of phenolic OH excluding ortho intramolecular Hbond substituents is 1. The number of allylic oxidation sites excluding steroid dienone is 1. The second-order valence-corrected chi connectivity index (χ2v) is 3.87. The Morgan fingerprint density at radius 1 is 1.37 bits per heavy atom. The number of ether oxygens (including phenoxy) is 1. The van der Waals surface area contributed by atoms with Gasteiger partial charge in [0.05, 0.1) is 12.7 Å². The van der Waals surface area contributed by atoms with Crippen LogP contribution in [-0.2, 0) is 0 Å². The molecule has 4 heteroatoms. The van der Waals surface area contributed by atoms with Gasteiger partial charge in [-0.05, 0) is 35.9 Å². The van der Waals surface area contributed by atoms with E-state index in [-0.39, 0.29) is 17.1 Å². The SMILES string of the molecule is COc1ccc(C(=O)/C=C\c2cccnc2)c(O)c1. The molecule has 0 aliphatic carbocycles. The Morgan fingerprint density at radius 3 is 2.84 bits per heavy atom. The number of phenols is 1. The van der Waals surface area contributed by atoms with Gasteiger partial charge in [-0.25, -0.2) is 0 Å². The van der Waals surface area contributed by atoms with Crippen LogP contribution in [0.25, 0.3) is 6.08 Å². The highest BCUT2D eigenvalue weighted by Gasteiger charge is 2.08. The third-order valence-electron chi connectivity index (χ3n) is 2.58. The van der Waals surface area contributed by atoms with Crippen LogP contribution in [0.5, 0.6) is 11.5 Å². The van der Waals surface area contributed by atoms with Crippen LogP contribution in [-0.4, -0.2) is 23.0 Å². The van der Waals surface area contributed by atoms with E-state index >= 15 is 0 Å². The molecule has 0 aliphatic rings. The minimum atomic E-state index is -0.274. The van der Waals surface area contributed by atoms with E-state index in [0.29, 0.717) is 5.75 Å². The topological polar surface area (TPSA) is 59.4 Å². The third-order valence-corrected chi connectivity index (χ3v) is 2.58. The molecule has 0 fully saturated rings.